The monoisotopic (exact) mass is 598 g/mol. The van der Waals surface area contributed by atoms with E-state index in [0.29, 0.717) is 47.6 Å². The van der Waals surface area contributed by atoms with E-state index in [1.54, 1.807) is 26.0 Å². The standard InChI is InChI=1S/C30H31FN10O3/c1-16-6-8-33-28(34-16)30(31)12-21(30)27(43)38-24-11-23(35-17(2)36-24)32-9-7-20-14-40-13-19(18-4-5-18)10-22(26(40)37-20)41-15-25(42)39(3)29(41)44/h6,8,10-11,13-14,18,21H,4-5,7,9,12,15H2,1-3H3,(H2,32,35,36,38,43). The van der Waals surface area contributed by atoms with Gasteiger partial charge in [0.25, 0.3) is 0 Å². The molecule has 13 nitrogen and oxygen atoms in total. The number of rotatable bonds is 9. The summed E-state index contributed by atoms with van der Waals surface area (Å²) in [6, 6.07) is 4.90. The van der Waals surface area contributed by atoms with Gasteiger partial charge in [-0.25, -0.2) is 34.1 Å². The number of halogens is 1. The van der Waals surface area contributed by atoms with Crippen molar-refractivity contribution >= 4 is 40.8 Å². The molecule has 1 saturated heterocycles. The summed E-state index contributed by atoms with van der Waals surface area (Å²) in [5, 5.41) is 5.96. The molecular weight excluding hydrogens is 567 g/mol. The number of imide groups is 1. The summed E-state index contributed by atoms with van der Waals surface area (Å²) in [6.45, 7) is 3.92. The summed E-state index contributed by atoms with van der Waals surface area (Å²) < 4.78 is 17.3. The molecule has 5 heterocycles. The number of aromatic nitrogens is 6. The summed E-state index contributed by atoms with van der Waals surface area (Å²) in [4.78, 5) is 62.2. The molecule has 0 aromatic carbocycles. The summed E-state index contributed by atoms with van der Waals surface area (Å²) in [7, 11) is 1.49. The van der Waals surface area contributed by atoms with Gasteiger partial charge in [0.1, 0.15) is 24.0 Å². The number of urea groups is 1. The minimum absolute atomic E-state index is 0.0123. The third-order valence-corrected chi connectivity index (χ3v) is 8.28. The number of nitrogens with one attached hydrogen (secondary N) is 2. The van der Waals surface area contributed by atoms with Crippen LogP contribution >= 0.6 is 0 Å². The maximum Gasteiger partial charge on any atom is 0.331 e. The van der Waals surface area contributed by atoms with Crippen LogP contribution in [0.5, 0.6) is 0 Å². The Bertz CT molecular complexity index is 1840. The third kappa shape index (κ3) is 5.09. The molecule has 4 amide bonds. The van der Waals surface area contributed by atoms with Gasteiger partial charge in [-0.05, 0) is 50.3 Å². The Kier molecular flexibility index (Phi) is 6.52. The van der Waals surface area contributed by atoms with E-state index in [0.717, 1.165) is 29.0 Å². The van der Waals surface area contributed by atoms with E-state index in [-0.39, 0.29) is 36.5 Å². The van der Waals surface area contributed by atoms with E-state index >= 15 is 4.39 Å². The molecule has 2 N–H and O–H groups in total. The predicted molar refractivity (Wildman–Crippen MR) is 158 cm³/mol. The highest BCUT2D eigenvalue weighted by atomic mass is 19.1. The number of nitrogens with zero attached hydrogens (tertiary/aromatic N) is 8. The minimum atomic E-state index is -1.89. The molecule has 2 aliphatic carbocycles. The fourth-order valence-corrected chi connectivity index (χ4v) is 5.59. The highest BCUT2D eigenvalue weighted by Crippen LogP contribution is 2.54. The van der Waals surface area contributed by atoms with Gasteiger partial charge in [-0.1, -0.05) is 0 Å². The Balaban J connectivity index is 1.03. The zero-order valence-electron chi connectivity index (χ0n) is 24.5. The van der Waals surface area contributed by atoms with Crippen LogP contribution in [0.2, 0.25) is 0 Å². The summed E-state index contributed by atoms with van der Waals surface area (Å²) >= 11 is 0. The second-order valence-electron chi connectivity index (χ2n) is 11.7. The highest BCUT2D eigenvalue weighted by Gasteiger charge is 2.63. The molecule has 44 heavy (non-hydrogen) atoms. The smallest absolute Gasteiger partial charge is 0.331 e. The normalized spacial score (nSPS) is 21.3. The zero-order valence-corrected chi connectivity index (χ0v) is 24.5. The number of anilines is 3. The molecule has 2 atom stereocenters. The molecule has 3 aliphatic rings. The first-order valence-electron chi connectivity index (χ1n) is 14.6. The highest BCUT2D eigenvalue weighted by molar-refractivity contribution is 6.13. The van der Waals surface area contributed by atoms with Crippen LogP contribution in [0.25, 0.3) is 5.65 Å². The largest absolute Gasteiger partial charge is 0.370 e. The Hall–Kier alpha value is -5.01. The molecule has 2 unspecified atom stereocenters. The first-order valence-corrected chi connectivity index (χ1v) is 14.6. The van der Waals surface area contributed by atoms with Crippen LogP contribution in [0.3, 0.4) is 0 Å². The van der Waals surface area contributed by atoms with Crippen molar-refractivity contribution < 1.29 is 18.8 Å². The van der Waals surface area contributed by atoms with Crippen LogP contribution in [-0.4, -0.2) is 72.2 Å². The second kappa shape index (κ2) is 10.3. The Labute approximate surface area is 251 Å². The van der Waals surface area contributed by atoms with Crippen LogP contribution in [0.4, 0.5) is 26.5 Å². The first kappa shape index (κ1) is 27.8. The molecule has 226 valence electrons. The van der Waals surface area contributed by atoms with Crippen molar-refractivity contribution in [1.29, 1.82) is 0 Å². The lowest BCUT2D eigenvalue weighted by molar-refractivity contribution is -0.124. The summed E-state index contributed by atoms with van der Waals surface area (Å²) in [5.41, 5.74) is 1.91. The first-order chi connectivity index (χ1) is 21.1. The van der Waals surface area contributed by atoms with Gasteiger partial charge in [-0.15, -0.1) is 0 Å². The summed E-state index contributed by atoms with van der Waals surface area (Å²) in [5.74, 6) is 0.0421. The number of hydrogen-bond acceptors (Lipinski definition) is 9. The fraction of sp³-hybridized carbons (Fsp3) is 0.400. The van der Waals surface area contributed by atoms with Crippen LogP contribution in [0.15, 0.2) is 36.8 Å². The van der Waals surface area contributed by atoms with E-state index in [9.17, 15) is 14.4 Å². The fourth-order valence-electron chi connectivity index (χ4n) is 5.59. The number of carbonyl (C=O) groups excluding carboxylic acids is 3. The van der Waals surface area contributed by atoms with Crippen LogP contribution in [0.1, 0.15) is 53.8 Å². The SMILES string of the molecule is Cc1ccnc(C2(F)CC2C(=O)Nc2cc(NCCc3cn4cc(C5CC5)cc(N5CC(=O)N(C)C5=O)c4n3)nc(C)n2)n1. The maximum atomic E-state index is 15.3. The lowest BCUT2D eigenvalue weighted by atomic mass is 10.1. The third-order valence-electron chi connectivity index (χ3n) is 8.28. The number of pyridine rings is 1. The number of likely N-dealkylation sites (N-methyl/N-ethyl adjacent to an activating group) is 1. The molecule has 0 bridgehead atoms. The molecule has 7 rings (SSSR count). The van der Waals surface area contributed by atoms with E-state index < -0.39 is 17.5 Å². The molecule has 4 aromatic heterocycles. The van der Waals surface area contributed by atoms with Gasteiger partial charge < -0.3 is 15.0 Å². The van der Waals surface area contributed by atoms with Crippen molar-refractivity contribution in [3.63, 3.8) is 0 Å². The van der Waals surface area contributed by atoms with E-state index in [4.69, 9.17) is 4.98 Å². The Morgan fingerprint density at radius 2 is 1.89 bits per heavy atom. The van der Waals surface area contributed by atoms with Crippen LogP contribution in [-0.2, 0) is 21.7 Å². The summed E-state index contributed by atoms with van der Waals surface area (Å²) in [6.07, 6.45) is 8.23. The van der Waals surface area contributed by atoms with Gasteiger partial charge in [0.05, 0.1) is 17.3 Å². The van der Waals surface area contributed by atoms with Crippen molar-refractivity contribution in [2.45, 2.75) is 51.1 Å². The van der Waals surface area contributed by atoms with E-state index in [2.05, 4.69) is 30.6 Å². The quantitative estimate of drug-likeness (QED) is 0.277. The molecule has 3 fully saturated rings. The van der Waals surface area contributed by atoms with Crippen LogP contribution in [0, 0.1) is 19.8 Å². The van der Waals surface area contributed by atoms with Crippen molar-refractivity contribution in [2.24, 2.45) is 5.92 Å². The number of hydrogen-bond donors (Lipinski definition) is 2. The minimum Gasteiger partial charge on any atom is -0.370 e. The van der Waals surface area contributed by atoms with Crippen LogP contribution < -0.4 is 15.5 Å². The van der Waals surface area contributed by atoms with Gasteiger partial charge in [-0.2, -0.15) is 0 Å². The van der Waals surface area contributed by atoms with E-state index in [1.807, 2.05) is 22.9 Å². The second-order valence-corrected chi connectivity index (χ2v) is 11.7. The molecule has 0 radical (unpaired) electrons. The Morgan fingerprint density at radius 1 is 1.09 bits per heavy atom. The lowest BCUT2D eigenvalue weighted by Crippen LogP contribution is -2.30. The number of fused-ring (bicyclic) bond motifs is 1. The van der Waals surface area contributed by atoms with Gasteiger partial charge in [-0.3, -0.25) is 19.4 Å². The molecular formula is C30H31FN10O3. The van der Waals surface area contributed by atoms with Gasteiger partial charge in [0.15, 0.2) is 17.1 Å². The lowest BCUT2D eigenvalue weighted by Gasteiger charge is -2.17. The Morgan fingerprint density at radius 3 is 2.61 bits per heavy atom. The molecule has 0 spiro atoms. The van der Waals surface area contributed by atoms with Crippen molar-refractivity contribution in [1.82, 2.24) is 34.2 Å². The van der Waals surface area contributed by atoms with Crippen molar-refractivity contribution in [3.05, 3.63) is 65.4 Å². The topological polar surface area (TPSA) is 151 Å². The predicted octanol–water partition coefficient (Wildman–Crippen LogP) is 3.28. The zero-order chi connectivity index (χ0) is 30.7. The molecule has 4 aromatic rings. The average Bonchev–Trinajstić information content (AvgIpc) is 3.89. The molecule has 14 heteroatoms. The molecule has 1 aliphatic heterocycles. The van der Waals surface area contributed by atoms with E-state index in [1.165, 1.54) is 18.1 Å². The number of imidazole rings is 1. The van der Waals surface area contributed by atoms with Crippen molar-refractivity contribution in [3.8, 4) is 0 Å². The van der Waals surface area contributed by atoms with Gasteiger partial charge >= 0.3 is 6.03 Å². The number of alkyl halides is 1. The molecule has 2 saturated carbocycles. The number of carbonyl (C=O) groups is 3. The van der Waals surface area contributed by atoms with Crippen molar-refractivity contribution in [2.75, 3.05) is 35.7 Å². The number of amides is 4. The number of aryl methyl sites for hydroxylation is 2. The maximum absolute atomic E-state index is 15.3. The van der Waals surface area contributed by atoms with Gasteiger partial charge in [0, 0.05) is 56.8 Å². The average molecular weight is 599 g/mol. The van der Waals surface area contributed by atoms with Gasteiger partial charge in [0.2, 0.25) is 11.8 Å².